The lowest BCUT2D eigenvalue weighted by Crippen LogP contribution is -2.36. The van der Waals surface area contributed by atoms with E-state index in [-0.39, 0.29) is 23.5 Å². The van der Waals surface area contributed by atoms with Crippen LogP contribution < -0.4 is 15.4 Å². The summed E-state index contributed by atoms with van der Waals surface area (Å²) in [5.74, 6) is 0. The molecule has 0 spiro atoms. The van der Waals surface area contributed by atoms with E-state index in [1.54, 1.807) is 32.0 Å². The molecule has 2 rings (SSSR count). The minimum atomic E-state index is -3.54. The maximum Gasteiger partial charge on any atom is 0.315 e. The Balaban J connectivity index is 1.83. The zero-order chi connectivity index (χ0) is 19.0. The molecule has 0 saturated heterocycles. The fourth-order valence-corrected chi connectivity index (χ4v) is 3.73. The molecule has 0 unspecified atom stereocenters. The van der Waals surface area contributed by atoms with Gasteiger partial charge in [0.2, 0.25) is 10.0 Å². The summed E-state index contributed by atoms with van der Waals surface area (Å²) in [4.78, 5) is 12.1. The van der Waals surface area contributed by atoms with Crippen LogP contribution in [0, 0.1) is 0 Å². The molecule has 0 aliphatic carbocycles. The molecule has 3 N–H and O–H groups in total. The van der Waals surface area contributed by atoms with Crippen molar-refractivity contribution in [2.45, 2.75) is 37.8 Å². The van der Waals surface area contributed by atoms with Crippen molar-refractivity contribution in [3.63, 3.8) is 0 Å². The summed E-state index contributed by atoms with van der Waals surface area (Å²) in [7, 11) is -3.54. The van der Waals surface area contributed by atoms with E-state index < -0.39 is 10.0 Å². The van der Waals surface area contributed by atoms with E-state index in [9.17, 15) is 13.2 Å². The number of urea groups is 1. The Hall–Kier alpha value is -2.38. The Bertz CT molecular complexity index is 821. The van der Waals surface area contributed by atoms with Gasteiger partial charge < -0.3 is 10.6 Å². The highest BCUT2D eigenvalue weighted by atomic mass is 32.2. The summed E-state index contributed by atoms with van der Waals surface area (Å²) in [5.41, 5.74) is 1.87. The number of hydrogen-bond donors (Lipinski definition) is 3. The van der Waals surface area contributed by atoms with E-state index in [1.165, 1.54) is 6.07 Å². The second kappa shape index (κ2) is 9.35. The van der Waals surface area contributed by atoms with Crippen LogP contribution >= 0.6 is 0 Å². The van der Waals surface area contributed by atoms with Crippen molar-refractivity contribution < 1.29 is 13.2 Å². The highest BCUT2D eigenvalue weighted by Gasteiger charge is 2.15. The number of amides is 2. The predicted octanol–water partition coefficient (Wildman–Crippen LogP) is 2.42. The van der Waals surface area contributed by atoms with Gasteiger partial charge >= 0.3 is 6.03 Å². The smallest absolute Gasteiger partial charge is 0.315 e. The van der Waals surface area contributed by atoms with Crippen LogP contribution in [-0.4, -0.2) is 27.0 Å². The van der Waals surface area contributed by atoms with Crippen LogP contribution in [0.15, 0.2) is 59.5 Å². The van der Waals surface area contributed by atoms with Crippen molar-refractivity contribution in [3.05, 3.63) is 65.7 Å². The Kier molecular flexibility index (Phi) is 7.17. The van der Waals surface area contributed by atoms with E-state index >= 15 is 0 Å². The van der Waals surface area contributed by atoms with Crippen LogP contribution in [0.1, 0.15) is 25.0 Å². The summed E-state index contributed by atoms with van der Waals surface area (Å²) >= 11 is 0. The molecule has 0 bridgehead atoms. The first kappa shape index (κ1) is 19.9. The van der Waals surface area contributed by atoms with E-state index in [2.05, 4.69) is 15.4 Å². The van der Waals surface area contributed by atoms with Crippen LogP contribution in [-0.2, 0) is 23.0 Å². The maximum atomic E-state index is 12.2. The molecule has 2 aromatic carbocycles. The monoisotopic (exact) mass is 375 g/mol. The molecule has 140 valence electrons. The summed E-state index contributed by atoms with van der Waals surface area (Å²) in [6, 6.07) is 16.0. The number of rotatable bonds is 8. The molecule has 0 saturated carbocycles. The number of nitrogens with one attached hydrogen (secondary N) is 3. The van der Waals surface area contributed by atoms with Gasteiger partial charge in [-0.1, -0.05) is 42.5 Å². The van der Waals surface area contributed by atoms with Gasteiger partial charge in [0.25, 0.3) is 0 Å². The van der Waals surface area contributed by atoms with Crippen molar-refractivity contribution in [1.29, 1.82) is 0 Å². The third kappa shape index (κ3) is 6.50. The summed E-state index contributed by atoms with van der Waals surface area (Å²) < 4.78 is 26.9. The third-order valence-corrected chi connectivity index (χ3v) is 5.25. The maximum absolute atomic E-state index is 12.2. The standard InChI is InChI=1S/C19H25N3O3S/c1-15(2)22-26(24,25)18-10-6-9-17(13-18)14-21-19(23)20-12-11-16-7-4-3-5-8-16/h3-10,13,15,22H,11-12,14H2,1-2H3,(H2,20,21,23). The van der Waals surface area contributed by atoms with E-state index in [4.69, 9.17) is 0 Å². The van der Waals surface area contributed by atoms with Crippen molar-refractivity contribution in [3.8, 4) is 0 Å². The molecule has 2 amide bonds. The molecule has 0 radical (unpaired) electrons. The molecule has 0 atom stereocenters. The first-order chi connectivity index (χ1) is 12.4. The molecule has 0 aromatic heterocycles. The number of carbonyl (C=O) groups excluding carboxylic acids is 1. The number of hydrogen-bond acceptors (Lipinski definition) is 3. The topological polar surface area (TPSA) is 87.3 Å². The molecule has 0 aliphatic heterocycles. The molecule has 6 nitrogen and oxygen atoms in total. The Morgan fingerprint density at radius 2 is 1.65 bits per heavy atom. The van der Waals surface area contributed by atoms with Crippen LogP contribution in [0.2, 0.25) is 0 Å². The fraction of sp³-hybridized carbons (Fsp3) is 0.316. The predicted molar refractivity (Wildman–Crippen MR) is 102 cm³/mol. The highest BCUT2D eigenvalue weighted by Crippen LogP contribution is 2.12. The number of carbonyl (C=O) groups is 1. The molecule has 0 aliphatic rings. The van der Waals surface area contributed by atoms with Crippen LogP contribution in [0.5, 0.6) is 0 Å². The third-order valence-electron chi connectivity index (χ3n) is 3.59. The quantitative estimate of drug-likeness (QED) is 0.662. The molecule has 26 heavy (non-hydrogen) atoms. The zero-order valence-electron chi connectivity index (χ0n) is 15.0. The first-order valence-corrected chi connectivity index (χ1v) is 10.0. The highest BCUT2D eigenvalue weighted by molar-refractivity contribution is 7.89. The Morgan fingerprint density at radius 1 is 0.962 bits per heavy atom. The lowest BCUT2D eigenvalue weighted by Gasteiger charge is -2.11. The average Bonchev–Trinajstić information content (AvgIpc) is 2.60. The van der Waals surface area contributed by atoms with E-state index in [0.29, 0.717) is 6.54 Å². The van der Waals surface area contributed by atoms with Crippen molar-refractivity contribution >= 4 is 16.1 Å². The van der Waals surface area contributed by atoms with E-state index in [0.717, 1.165) is 17.5 Å². The lowest BCUT2D eigenvalue weighted by molar-refractivity contribution is 0.240. The molecular weight excluding hydrogens is 350 g/mol. The number of sulfonamides is 1. The molecule has 0 heterocycles. The summed E-state index contributed by atoms with van der Waals surface area (Å²) in [6.07, 6.45) is 0.753. The molecule has 7 heteroatoms. The minimum absolute atomic E-state index is 0.183. The van der Waals surface area contributed by atoms with Gasteiger partial charge in [0.1, 0.15) is 0 Å². The number of benzene rings is 2. The first-order valence-electron chi connectivity index (χ1n) is 8.54. The van der Waals surface area contributed by atoms with Gasteiger partial charge in [-0.15, -0.1) is 0 Å². The van der Waals surface area contributed by atoms with Gasteiger partial charge in [0, 0.05) is 19.1 Å². The summed E-state index contributed by atoms with van der Waals surface area (Å²) in [5, 5.41) is 5.53. The van der Waals surface area contributed by atoms with Crippen LogP contribution in [0.4, 0.5) is 4.79 Å². The fourth-order valence-electron chi connectivity index (χ4n) is 2.41. The van der Waals surface area contributed by atoms with Gasteiger partial charge in [-0.05, 0) is 43.5 Å². The second-order valence-corrected chi connectivity index (χ2v) is 7.98. The average molecular weight is 375 g/mol. The van der Waals surface area contributed by atoms with Crippen LogP contribution in [0.3, 0.4) is 0 Å². The lowest BCUT2D eigenvalue weighted by atomic mass is 10.1. The zero-order valence-corrected chi connectivity index (χ0v) is 15.8. The van der Waals surface area contributed by atoms with Crippen molar-refractivity contribution in [2.75, 3.05) is 6.54 Å². The molecular formula is C19H25N3O3S. The minimum Gasteiger partial charge on any atom is -0.338 e. The van der Waals surface area contributed by atoms with Gasteiger partial charge in [0.15, 0.2) is 0 Å². The van der Waals surface area contributed by atoms with Gasteiger partial charge in [-0.2, -0.15) is 0 Å². The van der Waals surface area contributed by atoms with Crippen molar-refractivity contribution in [1.82, 2.24) is 15.4 Å². The Morgan fingerprint density at radius 3 is 2.35 bits per heavy atom. The second-order valence-electron chi connectivity index (χ2n) is 6.27. The normalized spacial score (nSPS) is 11.3. The van der Waals surface area contributed by atoms with Gasteiger partial charge in [-0.25, -0.2) is 17.9 Å². The van der Waals surface area contributed by atoms with Gasteiger partial charge in [-0.3, -0.25) is 0 Å². The largest absolute Gasteiger partial charge is 0.338 e. The molecule has 0 fully saturated rings. The SMILES string of the molecule is CC(C)NS(=O)(=O)c1cccc(CNC(=O)NCCc2ccccc2)c1. The molecule has 2 aromatic rings. The summed E-state index contributed by atoms with van der Waals surface area (Å²) in [6.45, 7) is 4.32. The Labute approximate surface area is 155 Å². The van der Waals surface area contributed by atoms with E-state index in [1.807, 2.05) is 30.3 Å². The van der Waals surface area contributed by atoms with Gasteiger partial charge in [0.05, 0.1) is 4.90 Å². The van der Waals surface area contributed by atoms with Crippen molar-refractivity contribution in [2.24, 2.45) is 0 Å². The van der Waals surface area contributed by atoms with Crippen LogP contribution in [0.25, 0.3) is 0 Å².